The Hall–Kier alpha value is -2.08. The molecule has 1 aromatic rings. The number of carboxylic acids is 1. The molecule has 0 fully saturated rings. The summed E-state index contributed by atoms with van der Waals surface area (Å²) in [6.07, 6.45) is 0.655. The van der Waals surface area contributed by atoms with E-state index in [9.17, 15) is 9.59 Å². The molecule has 1 rings (SSSR count). The lowest BCUT2D eigenvalue weighted by Crippen LogP contribution is -2.49. The van der Waals surface area contributed by atoms with Crippen LogP contribution in [0.3, 0.4) is 0 Å². The molecule has 1 atom stereocenters. The van der Waals surface area contributed by atoms with Crippen LogP contribution in [-0.2, 0) is 11.2 Å². The van der Waals surface area contributed by atoms with Gasteiger partial charge in [-0.3, -0.25) is 0 Å². The van der Waals surface area contributed by atoms with Crippen molar-refractivity contribution < 1.29 is 19.8 Å². The molecule has 6 heteroatoms. The van der Waals surface area contributed by atoms with Gasteiger partial charge in [-0.05, 0) is 18.9 Å². The zero-order chi connectivity index (χ0) is 15.8. The van der Waals surface area contributed by atoms with Crippen molar-refractivity contribution in [2.75, 3.05) is 26.7 Å². The SMILES string of the molecule is C[C@@H](C(=O)O)N(C)C(=O)N(CCO)CCc1ccccc1. The molecule has 0 aliphatic rings. The highest BCUT2D eigenvalue weighted by molar-refractivity contribution is 5.82. The van der Waals surface area contributed by atoms with Gasteiger partial charge in [0.2, 0.25) is 0 Å². The smallest absolute Gasteiger partial charge is 0.326 e. The number of carbonyl (C=O) groups is 2. The first-order chi connectivity index (χ1) is 9.97. The summed E-state index contributed by atoms with van der Waals surface area (Å²) in [6.45, 7) is 1.91. The van der Waals surface area contributed by atoms with Crippen molar-refractivity contribution in [3.05, 3.63) is 35.9 Å². The van der Waals surface area contributed by atoms with Gasteiger partial charge in [-0.15, -0.1) is 0 Å². The third-order valence-electron chi connectivity index (χ3n) is 3.39. The lowest BCUT2D eigenvalue weighted by atomic mass is 10.1. The fraction of sp³-hybridized carbons (Fsp3) is 0.467. The second kappa shape index (κ2) is 8.26. The predicted molar refractivity (Wildman–Crippen MR) is 79.1 cm³/mol. The van der Waals surface area contributed by atoms with Crippen LogP contribution in [0.25, 0.3) is 0 Å². The predicted octanol–water partition coefficient (Wildman–Crippen LogP) is 1.05. The van der Waals surface area contributed by atoms with Gasteiger partial charge in [0.25, 0.3) is 0 Å². The standard InChI is InChI=1S/C15H22N2O4/c1-12(14(19)20)16(2)15(21)17(10-11-18)9-8-13-6-4-3-5-7-13/h3-7,12,18H,8-11H2,1-2H3,(H,19,20)/t12-/m0/s1. The first-order valence-corrected chi connectivity index (χ1v) is 6.86. The minimum atomic E-state index is -1.06. The number of carboxylic acid groups (broad SMARTS) is 1. The van der Waals surface area contributed by atoms with Gasteiger partial charge in [0.15, 0.2) is 0 Å². The maximum atomic E-state index is 12.3. The Kier molecular flexibility index (Phi) is 6.68. The molecule has 0 heterocycles. The normalized spacial score (nSPS) is 11.8. The highest BCUT2D eigenvalue weighted by atomic mass is 16.4. The summed E-state index contributed by atoms with van der Waals surface area (Å²) in [5.41, 5.74) is 1.09. The molecule has 6 nitrogen and oxygen atoms in total. The lowest BCUT2D eigenvalue weighted by Gasteiger charge is -2.30. The number of carbonyl (C=O) groups excluding carboxylic acids is 1. The monoisotopic (exact) mass is 294 g/mol. The van der Waals surface area contributed by atoms with E-state index in [1.54, 1.807) is 0 Å². The molecule has 0 saturated heterocycles. The van der Waals surface area contributed by atoms with Gasteiger partial charge in [-0.1, -0.05) is 30.3 Å². The molecule has 116 valence electrons. The molecule has 0 saturated carbocycles. The van der Waals surface area contributed by atoms with E-state index < -0.39 is 18.0 Å². The third kappa shape index (κ3) is 5.07. The fourth-order valence-electron chi connectivity index (χ4n) is 1.89. The summed E-state index contributed by atoms with van der Waals surface area (Å²) in [7, 11) is 1.45. The number of hydrogen-bond donors (Lipinski definition) is 2. The first kappa shape index (κ1) is 17.0. The van der Waals surface area contributed by atoms with E-state index in [0.29, 0.717) is 13.0 Å². The second-order valence-corrected chi connectivity index (χ2v) is 4.85. The van der Waals surface area contributed by atoms with Crippen molar-refractivity contribution >= 4 is 12.0 Å². The van der Waals surface area contributed by atoms with Gasteiger partial charge in [0.1, 0.15) is 6.04 Å². The Balaban J connectivity index is 2.67. The maximum absolute atomic E-state index is 12.3. The topological polar surface area (TPSA) is 81.1 Å². The second-order valence-electron chi connectivity index (χ2n) is 4.85. The van der Waals surface area contributed by atoms with E-state index in [-0.39, 0.29) is 13.2 Å². The van der Waals surface area contributed by atoms with Crippen LogP contribution in [0.4, 0.5) is 4.79 Å². The van der Waals surface area contributed by atoms with E-state index in [2.05, 4.69) is 0 Å². The number of rotatable bonds is 7. The van der Waals surface area contributed by atoms with Crippen LogP contribution in [0.15, 0.2) is 30.3 Å². The Labute approximate surface area is 124 Å². The van der Waals surface area contributed by atoms with Crippen molar-refractivity contribution in [3.8, 4) is 0 Å². The van der Waals surface area contributed by atoms with Gasteiger partial charge in [-0.2, -0.15) is 0 Å². The van der Waals surface area contributed by atoms with Crippen LogP contribution in [0.1, 0.15) is 12.5 Å². The van der Waals surface area contributed by atoms with Crippen LogP contribution in [0.5, 0.6) is 0 Å². The first-order valence-electron chi connectivity index (χ1n) is 6.86. The van der Waals surface area contributed by atoms with E-state index in [4.69, 9.17) is 10.2 Å². The lowest BCUT2D eigenvalue weighted by molar-refractivity contribution is -0.141. The quantitative estimate of drug-likeness (QED) is 0.787. The molecule has 2 N–H and O–H groups in total. The van der Waals surface area contributed by atoms with Crippen LogP contribution < -0.4 is 0 Å². The molecule has 0 radical (unpaired) electrons. The average Bonchev–Trinajstić information content (AvgIpc) is 2.50. The summed E-state index contributed by atoms with van der Waals surface area (Å²) in [5.74, 6) is -1.06. The summed E-state index contributed by atoms with van der Waals surface area (Å²) < 4.78 is 0. The Morgan fingerprint density at radius 1 is 1.19 bits per heavy atom. The molecule has 0 spiro atoms. The number of aliphatic carboxylic acids is 1. The number of urea groups is 1. The molecule has 2 amide bonds. The van der Waals surface area contributed by atoms with Gasteiger partial charge < -0.3 is 20.0 Å². The van der Waals surface area contributed by atoms with Crippen LogP contribution in [0.2, 0.25) is 0 Å². The Morgan fingerprint density at radius 3 is 2.33 bits per heavy atom. The number of hydrogen-bond acceptors (Lipinski definition) is 3. The molecule has 1 aromatic carbocycles. The molecule has 21 heavy (non-hydrogen) atoms. The van der Waals surface area contributed by atoms with Crippen molar-refractivity contribution in [1.29, 1.82) is 0 Å². The summed E-state index contributed by atoms with van der Waals surface area (Å²) in [6, 6.07) is 8.39. The molecule has 0 aliphatic carbocycles. The molecule has 0 aromatic heterocycles. The molecular weight excluding hydrogens is 272 g/mol. The highest BCUT2D eigenvalue weighted by Crippen LogP contribution is 2.06. The summed E-state index contributed by atoms with van der Waals surface area (Å²) in [5, 5.41) is 18.0. The van der Waals surface area contributed by atoms with Gasteiger partial charge in [0.05, 0.1) is 6.61 Å². The zero-order valence-corrected chi connectivity index (χ0v) is 12.4. The molecule has 0 unspecified atom stereocenters. The number of nitrogens with zero attached hydrogens (tertiary/aromatic N) is 2. The minimum Gasteiger partial charge on any atom is -0.480 e. The van der Waals surface area contributed by atoms with Gasteiger partial charge in [0, 0.05) is 20.1 Å². The fourth-order valence-corrected chi connectivity index (χ4v) is 1.89. The van der Waals surface area contributed by atoms with E-state index in [0.717, 1.165) is 5.56 Å². The molecular formula is C15H22N2O4. The van der Waals surface area contributed by atoms with Crippen LogP contribution >= 0.6 is 0 Å². The molecule has 0 bridgehead atoms. The number of amides is 2. The van der Waals surface area contributed by atoms with Gasteiger partial charge in [-0.25, -0.2) is 9.59 Å². The highest BCUT2D eigenvalue weighted by Gasteiger charge is 2.25. The van der Waals surface area contributed by atoms with Crippen molar-refractivity contribution in [3.63, 3.8) is 0 Å². The van der Waals surface area contributed by atoms with E-state index in [1.165, 1.54) is 23.8 Å². The van der Waals surface area contributed by atoms with E-state index >= 15 is 0 Å². The van der Waals surface area contributed by atoms with Crippen molar-refractivity contribution in [2.45, 2.75) is 19.4 Å². The number of likely N-dealkylation sites (N-methyl/N-ethyl adjacent to an activating group) is 1. The van der Waals surface area contributed by atoms with Crippen molar-refractivity contribution in [2.24, 2.45) is 0 Å². The molecule has 0 aliphatic heterocycles. The van der Waals surface area contributed by atoms with Crippen molar-refractivity contribution in [1.82, 2.24) is 9.80 Å². The third-order valence-corrected chi connectivity index (χ3v) is 3.39. The Morgan fingerprint density at radius 2 is 1.81 bits per heavy atom. The average molecular weight is 294 g/mol. The largest absolute Gasteiger partial charge is 0.480 e. The number of aliphatic hydroxyl groups is 1. The zero-order valence-electron chi connectivity index (χ0n) is 12.4. The number of benzene rings is 1. The van der Waals surface area contributed by atoms with E-state index in [1.807, 2.05) is 30.3 Å². The van der Waals surface area contributed by atoms with Crippen LogP contribution in [0, 0.1) is 0 Å². The number of aliphatic hydroxyl groups excluding tert-OH is 1. The summed E-state index contributed by atoms with van der Waals surface area (Å²) in [4.78, 5) is 25.9. The van der Waals surface area contributed by atoms with Crippen LogP contribution in [-0.4, -0.2) is 64.8 Å². The van der Waals surface area contributed by atoms with Gasteiger partial charge >= 0.3 is 12.0 Å². The minimum absolute atomic E-state index is 0.157. The summed E-state index contributed by atoms with van der Waals surface area (Å²) >= 11 is 0. The maximum Gasteiger partial charge on any atom is 0.326 e. The Bertz CT molecular complexity index is 464.